The first-order valence-corrected chi connectivity index (χ1v) is 4.53. The predicted molar refractivity (Wildman–Crippen MR) is 39.9 cm³/mol. The molecule has 3 heteroatoms. The number of carbonyl (C=O) groups is 1. The molecule has 10 heavy (non-hydrogen) atoms. The zero-order valence-electron chi connectivity index (χ0n) is 5.55. The molecule has 3 atom stereocenters. The normalized spacial score (nSPS) is 45.3. The van der Waals surface area contributed by atoms with Gasteiger partial charge in [0.25, 0.3) is 0 Å². The van der Waals surface area contributed by atoms with Crippen molar-refractivity contribution in [2.24, 2.45) is 5.92 Å². The van der Waals surface area contributed by atoms with Crippen molar-refractivity contribution in [1.82, 2.24) is 0 Å². The van der Waals surface area contributed by atoms with Crippen LogP contribution in [0.4, 0.5) is 0 Å². The van der Waals surface area contributed by atoms with Gasteiger partial charge in [0.1, 0.15) is 6.10 Å². The van der Waals surface area contributed by atoms with Crippen LogP contribution < -0.4 is 0 Å². The summed E-state index contributed by atoms with van der Waals surface area (Å²) in [6, 6.07) is 0. The lowest BCUT2D eigenvalue weighted by Crippen LogP contribution is -2.23. The van der Waals surface area contributed by atoms with Crippen LogP contribution in [-0.2, 0) is 9.53 Å². The molecule has 1 aliphatic heterocycles. The van der Waals surface area contributed by atoms with E-state index >= 15 is 0 Å². The van der Waals surface area contributed by atoms with Gasteiger partial charge in [-0.25, -0.2) is 0 Å². The highest BCUT2D eigenvalue weighted by atomic mass is 79.9. The van der Waals surface area contributed by atoms with Crippen molar-refractivity contribution in [2.75, 3.05) is 0 Å². The minimum absolute atomic E-state index is 0.0203. The minimum Gasteiger partial charge on any atom is -0.461 e. The molecular weight excluding hydrogens is 196 g/mol. The molecule has 1 aliphatic carbocycles. The van der Waals surface area contributed by atoms with Gasteiger partial charge < -0.3 is 4.74 Å². The van der Waals surface area contributed by atoms with Crippen LogP contribution in [0, 0.1) is 5.92 Å². The van der Waals surface area contributed by atoms with Gasteiger partial charge in [0.15, 0.2) is 0 Å². The maximum Gasteiger partial charge on any atom is 0.309 e. The number of halogens is 1. The summed E-state index contributed by atoms with van der Waals surface area (Å²) in [7, 11) is 0. The summed E-state index contributed by atoms with van der Waals surface area (Å²) < 4.78 is 5.11. The van der Waals surface area contributed by atoms with E-state index in [1.165, 1.54) is 0 Å². The molecule has 0 aromatic rings. The summed E-state index contributed by atoms with van der Waals surface area (Å²) in [6.45, 7) is 0. The Morgan fingerprint density at radius 1 is 1.50 bits per heavy atom. The van der Waals surface area contributed by atoms with Crippen LogP contribution in [0.3, 0.4) is 0 Å². The molecule has 2 nitrogen and oxygen atoms in total. The molecule has 2 aliphatic rings. The van der Waals surface area contributed by atoms with Crippen molar-refractivity contribution in [2.45, 2.75) is 30.2 Å². The molecule has 0 amide bonds. The van der Waals surface area contributed by atoms with Crippen molar-refractivity contribution in [3.05, 3.63) is 0 Å². The Bertz CT molecular complexity index is 169. The van der Waals surface area contributed by atoms with E-state index in [9.17, 15) is 4.79 Å². The molecule has 2 bridgehead atoms. The Kier molecular flexibility index (Phi) is 1.48. The first-order valence-electron chi connectivity index (χ1n) is 3.62. The first kappa shape index (κ1) is 6.65. The number of fused-ring (bicyclic) bond motifs is 2. The van der Waals surface area contributed by atoms with E-state index in [1.54, 1.807) is 0 Å². The molecule has 2 fully saturated rings. The van der Waals surface area contributed by atoms with Gasteiger partial charge in [-0.3, -0.25) is 4.79 Å². The number of hydrogen-bond acceptors (Lipinski definition) is 2. The molecule has 1 saturated carbocycles. The number of rotatable bonds is 0. The molecule has 1 heterocycles. The highest BCUT2D eigenvalue weighted by Crippen LogP contribution is 2.37. The van der Waals surface area contributed by atoms with Gasteiger partial charge in [-0.1, -0.05) is 15.9 Å². The average molecular weight is 205 g/mol. The van der Waals surface area contributed by atoms with Crippen molar-refractivity contribution < 1.29 is 9.53 Å². The SMILES string of the molecule is O=C1O[C@@H]2C[C@@H]1CCC2Br. The third-order valence-corrected chi connectivity index (χ3v) is 3.36. The van der Waals surface area contributed by atoms with E-state index in [0.29, 0.717) is 4.83 Å². The fourth-order valence-electron chi connectivity index (χ4n) is 1.67. The van der Waals surface area contributed by atoms with Crippen molar-refractivity contribution in [3.63, 3.8) is 0 Å². The molecule has 1 unspecified atom stereocenters. The monoisotopic (exact) mass is 204 g/mol. The Labute approximate surface area is 68.1 Å². The van der Waals surface area contributed by atoms with Crippen LogP contribution in [0.15, 0.2) is 0 Å². The maximum absolute atomic E-state index is 11.0. The topological polar surface area (TPSA) is 26.3 Å². The zero-order valence-corrected chi connectivity index (χ0v) is 7.13. The minimum atomic E-state index is 0.0203. The van der Waals surface area contributed by atoms with E-state index in [-0.39, 0.29) is 18.0 Å². The van der Waals surface area contributed by atoms with Crippen LogP contribution in [-0.4, -0.2) is 16.9 Å². The lowest BCUT2D eigenvalue weighted by Gasteiger charge is -2.19. The Hall–Kier alpha value is -0.0500. The first-order chi connectivity index (χ1) is 4.77. The maximum atomic E-state index is 11.0. The summed E-state index contributed by atoms with van der Waals surface area (Å²) in [4.78, 5) is 11.4. The molecule has 0 aromatic carbocycles. The van der Waals surface area contributed by atoms with Crippen LogP contribution in [0.5, 0.6) is 0 Å². The molecule has 0 spiro atoms. The lowest BCUT2D eigenvalue weighted by atomic mass is 9.90. The summed E-state index contributed by atoms with van der Waals surface area (Å²) in [5.41, 5.74) is 0. The third kappa shape index (κ3) is 0.875. The predicted octanol–water partition coefficient (Wildman–Crippen LogP) is 1.48. The highest BCUT2D eigenvalue weighted by molar-refractivity contribution is 9.09. The number of hydrogen-bond donors (Lipinski definition) is 0. The summed E-state index contributed by atoms with van der Waals surface area (Å²) in [6.07, 6.45) is 3.20. The fraction of sp³-hybridized carbons (Fsp3) is 0.857. The zero-order chi connectivity index (χ0) is 7.14. The number of alkyl halides is 1. The second-order valence-electron chi connectivity index (χ2n) is 3.00. The Balaban J connectivity index is 2.15. The van der Waals surface area contributed by atoms with E-state index in [2.05, 4.69) is 15.9 Å². The van der Waals surface area contributed by atoms with Crippen LogP contribution in [0.25, 0.3) is 0 Å². The molecule has 0 N–H and O–H groups in total. The molecule has 1 saturated heterocycles. The number of esters is 1. The second kappa shape index (κ2) is 2.22. The summed E-state index contributed by atoms with van der Waals surface area (Å²) >= 11 is 3.49. The van der Waals surface area contributed by atoms with Crippen molar-refractivity contribution in [3.8, 4) is 0 Å². The summed E-state index contributed by atoms with van der Waals surface area (Å²) in [5.74, 6) is 0.241. The van der Waals surface area contributed by atoms with E-state index in [4.69, 9.17) is 4.74 Å². The third-order valence-electron chi connectivity index (χ3n) is 2.31. The van der Waals surface area contributed by atoms with Gasteiger partial charge in [-0.05, 0) is 19.3 Å². The van der Waals surface area contributed by atoms with Crippen LogP contribution in [0.2, 0.25) is 0 Å². The van der Waals surface area contributed by atoms with Gasteiger partial charge in [0.2, 0.25) is 0 Å². The Morgan fingerprint density at radius 2 is 2.30 bits per heavy atom. The number of carbonyl (C=O) groups excluding carboxylic acids is 1. The van der Waals surface area contributed by atoms with Crippen LogP contribution in [0.1, 0.15) is 19.3 Å². The van der Waals surface area contributed by atoms with E-state index in [0.717, 1.165) is 19.3 Å². The highest BCUT2D eigenvalue weighted by Gasteiger charge is 2.41. The molecule has 2 rings (SSSR count). The number of ether oxygens (including phenoxy) is 1. The second-order valence-corrected chi connectivity index (χ2v) is 4.18. The van der Waals surface area contributed by atoms with Crippen LogP contribution >= 0.6 is 15.9 Å². The fourth-order valence-corrected chi connectivity index (χ4v) is 2.26. The lowest BCUT2D eigenvalue weighted by molar-refractivity contribution is -0.143. The molecule has 0 aromatic heterocycles. The molecular formula is C7H9BrO2. The quantitative estimate of drug-likeness (QED) is 0.442. The average Bonchev–Trinajstić information content (AvgIpc) is 2.21. The molecule has 0 radical (unpaired) electrons. The van der Waals surface area contributed by atoms with Gasteiger partial charge in [-0.15, -0.1) is 0 Å². The van der Waals surface area contributed by atoms with Gasteiger partial charge in [-0.2, -0.15) is 0 Å². The molecule has 56 valence electrons. The van der Waals surface area contributed by atoms with Crippen molar-refractivity contribution >= 4 is 21.9 Å². The van der Waals surface area contributed by atoms with E-state index < -0.39 is 0 Å². The smallest absolute Gasteiger partial charge is 0.309 e. The Morgan fingerprint density at radius 3 is 3.00 bits per heavy atom. The van der Waals surface area contributed by atoms with Crippen molar-refractivity contribution in [1.29, 1.82) is 0 Å². The largest absolute Gasteiger partial charge is 0.461 e. The summed E-state index contributed by atoms with van der Waals surface area (Å²) in [5, 5.41) is 0. The van der Waals surface area contributed by atoms with E-state index in [1.807, 2.05) is 0 Å². The van der Waals surface area contributed by atoms with Gasteiger partial charge in [0.05, 0.1) is 10.7 Å². The standard InChI is InChI=1S/C7H9BrO2/c8-5-2-1-4-3-6(5)10-7(4)9/h4-6H,1-3H2/t4-,5?,6+/m0/s1. The van der Waals surface area contributed by atoms with Gasteiger partial charge in [0, 0.05) is 0 Å². The van der Waals surface area contributed by atoms with Gasteiger partial charge >= 0.3 is 5.97 Å².